The van der Waals surface area contributed by atoms with E-state index in [0.29, 0.717) is 5.56 Å². The second-order valence-corrected chi connectivity index (χ2v) is 4.23. The Balaban J connectivity index is 3.24. The summed E-state index contributed by atoms with van der Waals surface area (Å²) in [6.45, 7) is 1.56. The van der Waals surface area contributed by atoms with Crippen molar-refractivity contribution in [3.05, 3.63) is 109 Å². The summed E-state index contributed by atoms with van der Waals surface area (Å²) in [6.07, 6.45) is 0. The minimum atomic E-state index is 0.0474. The lowest BCUT2D eigenvalue weighted by atomic mass is 10.2. The van der Waals surface area contributed by atoms with E-state index in [0.717, 1.165) is 0 Å². The molecule has 0 unspecified atom stereocenters. The quantitative estimate of drug-likeness (QED) is 0.639. The Kier molecular flexibility index (Phi) is 8.72. The summed E-state index contributed by atoms with van der Waals surface area (Å²) in [7, 11) is 0. The van der Waals surface area contributed by atoms with Crippen molar-refractivity contribution >= 4 is 5.78 Å². The molecule has 0 aliphatic carbocycles. The molecule has 0 fully saturated rings. The Morgan fingerprint density at radius 3 is 1.00 bits per heavy atom. The molecule has 0 atom stereocenters. The van der Waals surface area contributed by atoms with Gasteiger partial charge in [0.2, 0.25) is 0 Å². The molecule has 1 rings (SSSR count). The Labute approximate surface area is 126 Å². The van der Waals surface area contributed by atoms with Gasteiger partial charge < -0.3 is 0 Å². The predicted molar refractivity (Wildman–Crippen MR) is 89.3 cm³/mol. The van der Waals surface area contributed by atoms with Crippen LogP contribution in [-0.4, -0.2) is 5.78 Å². The lowest BCUT2D eigenvalue weighted by Crippen LogP contribution is -1.87. The summed E-state index contributed by atoms with van der Waals surface area (Å²) in [5.41, 5.74) is 0.674. The molecular weight excluding hydrogens is 256 g/mol. The van der Waals surface area contributed by atoms with E-state index in [1.807, 2.05) is 103 Å². The molecule has 106 valence electrons. The van der Waals surface area contributed by atoms with Crippen molar-refractivity contribution in [1.82, 2.24) is 0 Å². The van der Waals surface area contributed by atoms with Crippen LogP contribution in [0.5, 0.6) is 0 Å². The minimum absolute atomic E-state index is 0.0474. The maximum absolute atomic E-state index is 11.5. The zero-order valence-electron chi connectivity index (χ0n) is 12.2. The van der Waals surface area contributed by atoms with Crippen LogP contribution in [0.25, 0.3) is 0 Å². The van der Waals surface area contributed by atoms with Crippen molar-refractivity contribution < 1.29 is 4.79 Å². The van der Waals surface area contributed by atoms with Crippen LogP contribution in [-0.2, 0) is 0 Å². The molecule has 0 bridgehead atoms. The Bertz CT molecular complexity index is 571. The molecule has 0 heterocycles. The molecular formula is C20H20O. The topological polar surface area (TPSA) is 17.1 Å². The van der Waals surface area contributed by atoms with Crippen LogP contribution in [0.1, 0.15) is 17.3 Å². The van der Waals surface area contributed by atoms with E-state index in [-0.39, 0.29) is 5.78 Å². The van der Waals surface area contributed by atoms with Crippen molar-refractivity contribution in [2.45, 2.75) is 6.92 Å². The zero-order valence-corrected chi connectivity index (χ0v) is 12.2. The van der Waals surface area contributed by atoms with E-state index < -0.39 is 0 Å². The van der Waals surface area contributed by atoms with Crippen LogP contribution in [0, 0.1) is 0 Å². The molecule has 1 heteroatoms. The van der Waals surface area contributed by atoms with Crippen molar-refractivity contribution in [2.75, 3.05) is 0 Å². The zero-order chi connectivity index (χ0) is 15.2. The van der Waals surface area contributed by atoms with Crippen molar-refractivity contribution in [1.29, 1.82) is 0 Å². The predicted octanol–water partition coefficient (Wildman–Crippen LogP) is 5.26. The standard InChI is InChI=1S/C20H20O/c1-19(21)20-17-15-13-11-9-7-5-3-2-4-6-8-10-12-14-16-18-20/h2-18H,1H3. The first kappa shape index (κ1) is 16.4. The highest BCUT2D eigenvalue weighted by Gasteiger charge is 1.91. The summed E-state index contributed by atoms with van der Waals surface area (Å²) >= 11 is 0. The first-order valence-corrected chi connectivity index (χ1v) is 6.86. The van der Waals surface area contributed by atoms with Crippen LogP contribution in [0.2, 0.25) is 0 Å². The van der Waals surface area contributed by atoms with Gasteiger partial charge in [0, 0.05) is 5.56 Å². The number of carbonyl (C=O) groups excluding carboxylic acids is 1. The number of Topliss-reactive ketones (excluding diaryl/α,β-unsaturated/α-hetero) is 1. The maximum Gasteiger partial charge on any atom is 0.159 e. The fourth-order valence-electron chi connectivity index (χ4n) is 1.44. The molecule has 0 spiro atoms. The monoisotopic (exact) mass is 276 g/mol. The molecule has 0 N–H and O–H groups in total. The summed E-state index contributed by atoms with van der Waals surface area (Å²) in [4.78, 5) is 11.5. The smallest absolute Gasteiger partial charge is 0.159 e. The number of ketones is 1. The van der Waals surface area contributed by atoms with E-state index in [4.69, 9.17) is 0 Å². The normalized spacial score (nSPS) is 8.43. The van der Waals surface area contributed by atoms with Crippen molar-refractivity contribution in [3.63, 3.8) is 0 Å². The van der Waals surface area contributed by atoms with Gasteiger partial charge in [-0.2, -0.15) is 0 Å². The van der Waals surface area contributed by atoms with Gasteiger partial charge in [-0.25, -0.2) is 0 Å². The SMILES string of the molecule is CC(=O)c1ccccccccccccccccc1. The third-order valence-electron chi connectivity index (χ3n) is 2.51. The largest absolute Gasteiger partial charge is 0.295 e. The molecule has 0 radical (unpaired) electrons. The van der Waals surface area contributed by atoms with Gasteiger partial charge in [0.05, 0.1) is 0 Å². The van der Waals surface area contributed by atoms with Gasteiger partial charge in [-0.1, -0.05) is 103 Å². The van der Waals surface area contributed by atoms with E-state index >= 15 is 0 Å². The summed E-state index contributed by atoms with van der Waals surface area (Å²) in [5, 5.41) is 0. The molecule has 0 aliphatic heterocycles. The molecule has 0 amide bonds. The maximum atomic E-state index is 11.5. The van der Waals surface area contributed by atoms with E-state index in [2.05, 4.69) is 0 Å². The average Bonchev–Trinajstić information content (AvgIpc) is 2.47. The van der Waals surface area contributed by atoms with Gasteiger partial charge in [-0.3, -0.25) is 4.79 Å². The highest BCUT2D eigenvalue weighted by Crippen LogP contribution is 1.94. The molecule has 0 saturated heterocycles. The van der Waals surface area contributed by atoms with Crippen molar-refractivity contribution in [2.24, 2.45) is 0 Å². The fourth-order valence-corrected chi connectivity index (χ4v) is 1.44. The van der Waals surface area contributed by atoms with Gasteiger partial charge in [0.25, 0.3) is 0 Å². The second-order valence-electron chi connectivity index (χ2n) is 4.23. The minimum Gasteiger partial charge on any atom is -0.295 e. The van der Waals surface area contributed by atoms with Crippen LogP contribution in [0.3, 0.4) is 0 Å². The number of rotatable bonds is 1. The number of hydrogen-bond donors (Lipinski definition) is 0. The molecule has 1 aromatic rings. The van der Waals surface area contributed by atoms with Crippen molar-refractivity contribution in [3.8, 4) is 0 Å². The van der Waals surface area contributed by atoms with Gasteiger partial charge in [0.15, 0.2) is 5.78 Å². The first-order valence-electron chi connectivity index (χ1n) is 6.86. The summed E-state index contributed by atoms with van der Waals surface area (Å²) < 4.78 is 0. The van der Waals surface area contributed by atoms with Gasteiger partial charge >= 0.3 is 0 Å². The van der Waals surface area contributed by atoms with Crippen LogP contribution < -0.4 is 0 Å². The van der Waals surface area contributed by atoms with E-state index in [1.54, 1.807) is 6.92 Å². The third kappa shape index (κ3) is 8.95. The summed E-state index contributed by atoms with van der Waals surface area (Å²) in [5.74, 6) is 0.0474. The number of carbonyl (C=O) groups is 1. The van der Waals surface area contributed by atoms with Gasteiger partial charge in [-0.05, 0) is 6.92 Å². The lowest BCUT2D eigenvalue weighted by Gasteiger charge is -1.86. The molecule has 0 saturated carbocycles. The fraction of sp³-hybridized carbons (Fsp3) is 0.0500. The van der Waals surface area contributed by atoms with Gasteiger partial charge in [0.1, 0.15) is 0 Å². The Morgan fingerprint density at radius 1 is 0.524 bits per heavy atom. The summed E-state index contributed by atoms with van der Waals surface area (Å²) in [6, 6.07) is 32.6. The second kappa shape index (κ2) is 11.2. The van der Waals surface area contributed by atoms with Gasteiger partial charge in [-0.15, -0.1) is 0 Å². The van der Waals surface area contributed by atoms with E-state index in [9.17, 15) is 4.79 Å². The third-order valence-corrected chi connectivity index (χ3v) is 2.51. The Hall–Kier alpha value is -2.67. The van der Waals surface area contributed by atoms with E-state index in [1.165, 1.54) is 0 Å². The molecule has 1 aromatic carbocycles. The molecule has 0 aliphatic rings. The van der Waals surface area contributed by atoms with Crippen LogP contribution in [0.15, 0.2) is 103 Å². The highest BCUT2D eigenvalue weighted by atomic mass is 16.1. The Morgan fingerprint density at radius 2 is 0.762 bits per heavy atom. The average molecular weight is 276 g/mol. The molecule has 1 nitrogen and oxygen atoms in total. The van der Waals surface area contributed by atoms with Crippen LogP contribution in [0.4, 0.5) is 0 Å². The first-order chi connectivity index (χ1) is 10.3. The lowest BCUT2D eigenvalue weighted by molar-refractivity contribution is 0.101. The number of hydrogen-bond acceptors (Lipinski definition) is 1. The highest BCUT2D eigenvalue weighted by molar-refractivity contribution is 5.93. The van der Waals surface area contributed by atoms with Crippen LogP contribution >= 0.6 is 0 Å². The molecule has 21 heavy (non-hydrogen) atoms. The molecule has 0 aromatic heterocycles.